The van der Waals surface area contributed by atoms with Gasteiger partial charge in [-0.3, -0.25) is 0 Å². The smallest absolute Gasteiger partial charge is 0.242 e. The molecule has 1 fully saturated rings. The number of hydrogen-bond acceptors (Lipinski definition) is 3. The lowest BCUT2D eigenvalue weighted by molar-refractivity contribution is 0.310. The summed E-state index contributed by atoms with van der Waals surface area (Å²) in [6, 6.07) is 6.77. The van der Waals surface area contributed by atoms with Crippen LogP contribution >= 0.6 is 11.6 Å². The van der Waals surface area contributed by atoms with E-state index in [-0.39, 0.29) is 0 Å². The Bertz CT molecular complexity index is 525. The summed E-state index contributed by atoms with van der Waals surface area (Å²) in [5, 5.41) is 0. The van der Waals surface area contributed by atoms with Crippen molar-refractivity contribution in [2.45, 2.75) is 23.6 Å². The monoisotopic (exact) mass is 316 g/mol. The second-order valence-electron chi connectivity index (χ2n) is 5.15. The summed E-state index contributed by atoms with van der Waals surface area (Å²) >= 11 is 5.71. The molecule has 1 heterocycles. The number of alkyl halides is 1. The van der Waals surface area contributed by atoms with Gasteiger partial charge in [0.15, 0.2) is 0 Å². The van der Waals surface area contributed by atoms with E-state index in [1.54, 1.807) is 31.3 Å². The van der Waals surface area contributed by atoms with E-state index in [0.717, 1.165) is 25.2 Å². The van der Waals surface area contributed by atoms with Crippen molar-refractivity contribution in [2.75, 3.05) is 33.2 Å². The van der Waals surface area contributed by atoms with Gasteiger partial charge in [0.25, 0.3) is 0 Å². The zero-order chi connectivity index (χ0) is 14.6. The highest BCUT2D eigenvalue weighted by Gasteiger charge is 2.21. The summed E-state index contributed by atoms with van der Waals surface area (Å²) in [4.78, 5) is 2.64. The van der Waals surface area contributed by atoms with Crippen molar-refractivity contribution in [2.24, 2.45) is 0 Å². The van der Waals surface area contributed by atoms with Crippen LogP contribution in [-0.4, -0.2) is 50.8 Å². The highest BCUT2D eigenvalue weighted by Crippen LogP contribution is 2.16. The third kappa shape index (κ3) is 3.73. The van der Waals surface area contributed by atoms with Crippen LogP contribution in [-0.2, 0) is 15.9 Å². The number of hydrogen-bond donors (Lipinski definition) is 0. The highest BCUT2D eigenvalue weighted by atomic mass is 35.5. The average Bonchev–Trinajstić information content (AvgIpc) is 2.98. The first-order valence-electron chi connectivity index (χ1n) is 6.87. The summed E-state index contributed by atoms with van der Waals surface area (Å²) in [6.07, 6.45) is 2.44. The van der Waals surface area contributed by atoms with Gasteiger partial charge in [0.2, 0.25) is 10.0 Å². The Balaban J connectivity index is 2.00. The number of sulfonamides is 1. The molecule has 0 radical (unpaired) electrons. The fourth-order valence-corrected chi connectivity index (χ4v) is 3.68. The first-order valence-corrected chi connectivity index (χ1v) is 8.85. The van der Waals surface area contributed by atoms with E-state index in [2.05, 4.69) is 4.90 Å². The zero-order valence-electron chi connectivity index (χ0n) is 11.8. The molecule has 1 aromatic rings. The molecule has 1 aliphatic rings. The topological polar surface area (TPSA) is 40.6 Å². The first kappa shape index (κ1) is 15.8. The molecule has 0 unspecified atom stereocenters. The molecule has 0 atom stereocenters. The predicted molar refractivity (Wildman–Crippen MR) is 81.5 cm³/mol. The number of nitrogens with zero attached hydrogens (tertiary/aromatic N) is 2. The second kappa shape index (κ2) is 6.89. The summed E-state index contributed by atoms with van der Waals surface area (Å²) in [5.74, 6) is 0.394. The SMILES string of the molecule is CN(CCN1CCCC1)S(=O)(=O)c1ccc(CCl)cc1. The van der Waals surface area contributed by atoms with Crippen molar-refractivity contribution in [3.8, 4) is 0 Å². The van der Waals surface area contributed by atoms with Crippen molar-refractivity contribution in [1.82, 2.24) is 9.21 Å². The Morgan fingerprint density at radius 3 is 2.35 bits per heavy atom. The van der Waals surface area contributed by atoms with Crippen LogP contribution in [0.5, 0.6) is 0 Å². The van der Waals surface area contributed by atoms with Gasteiger partial charge in [0.05, 0.1) is 4.90 Å². The van der Waals surface area contributed by atoms with Gasteiger partial charge in [-0.1, -0.05) is 12.1 Å². The minimum atomic E-state index is -3.39. The van der Waals surface area contributed by atoms with Crippen LogP contribution in [0.3, 0.4) is 0 Å². The maximum absolute atomic E-state index is 12.4. The van der Waals surface area contributed by atoms with Gasteiger partial charge in [-0.15, -0.1) is 11.6 Å². The Kier molecular flexibility index (Phi) is 5.43. The number of rotatable bonds is 6. The molecule has 2 rings (SSSR count). The highest BCUT2D eigenvalue weighted by molar-refractivity contribution is 7.89. The average molecular weight is 317 g/mol. The van der Waals surface area contributed by atoms with Crippen molar-refractivity contribution >= 4 is 21.6 Å². The minimum absolute atomic E-state index is 0.329. The molecule has 0 aliphatic carbocycles. The number of likely N-dealkylation sites (tertiary alicyclic amines) is 1. The molecular weight excluding hydrogens is 296 g/mol. The fourth-order valence-electron chi connectivity index (χ4n) is 2.34. The summed E-state index contributed by atoms with van der Waals surface area (Å²) in [6.45, 7) is 3.49. The van der Waals surface area contributed by atoms with Crippen molar-refractivity contribution in [3.05, 3.63) is 29.8 Å². The molecule has 112 valence electrons. The molecule has 1 saturated heterocycles. The Morgan fingerprint density at radius 1 is 1.20 bits per heavy atom. The summed E-state index contributed by atoms with van der Waals surface area (Å²) in [7, 11) is -1.75. The minimum Gasteiger partial charge on any atom is -0.302 e. The first-order chi connectivity index (χ1) is 9.54. The van der Waals surface area contributed by atoms with Gasteiger partial charge in [0.1, 0.15) is 0 Å². The van der Waals surface area contributed by atoms with E-state index in [9.17, 15) is 8.42 Å². The molecule has 0 spiro atoms. The van der Waals surface area contributed by atoms with Gasteiger partial charge in [-0.25, -0.2) is 8.42 Å². The van der Waals surface area contributed by atoms with Gasteiger partial charge >= 0.3 is 0 Å². The van der Waals surface area contributed by atoms with E-state index in [1.807, 2.05) is 0 Å². The lowest BCUT2D eigenvalue weighted by atomic mass is 10.2. The summed E-state index contributed by atoms with van der Waals surface area (Å²) in [5.41, 5.74) is 0.922. The van der Waals surface area contributed by atoms with E-state index in [1.165, 1.54) is 17.1 Å². The molecule has 20 heavy (non-hydrogen) atoms. The molecule has 0 bridgehead atoms. The van der Waals surface area contributed by atoms with Gasteiger partial charge in [-0.05, 0) is 43.6 Å². The van der Waals surface area contributed by atoms with Crippen LogP contribution in [0.25, 0.3) is 0 Å². The predicted octanol–water partition coefficient (Wildman–Crippen LogP) is 2.14. The third-order valence-corrected chi connectivity index (χ3v) is 5.90. The molecule has 0 aromatic heterocycles. The molecule has 1 aliphatic heterocycles. The molecule has 6 heteroatoms. The van der Waals surface area contributed by atoms with Gasteiger partial charge in [0, 0.05) is 26.0 Å². The number of benzene rings is 1. The molecule has 1 aromatic carbocycles. The van der Waals surface area contributed by atoms with Crippen LogP contribution in [0.2, 0.25) is 0 Å². The second-order valence-corrected chi connectivity index (χ2v) is 7.47. The van der Waals surface area contributed by atoms with Crippen LogP contribution in [0, 0.1) is 0 Å². The Morgan fingerprint density at radius 2 is 1.80 bits per heavy atom. The molecular formula is C14H21ClN2O2S. The maximum Gasteiger partial charge on any atom is 0.242 e. The quantitative estimate of drug-likeness (QED) is 0.755. The number of halogens is 1. The lowest BCUT2D eigenvalue weighted by Gasteiger charge is -2.21. The van der Waals surface area contributed by atoms with Crippen LogP contribution < -0.4 is 0 Å². The Hall–Kier alpha value is -0.620. The van der Waals surface area contributed by atoms with E-state index in [4.69, 9.17) is 11.6 Å². The molecule has 4 nitrogen and oxygen atoms in total. The van der Waals surface area contributed by atoms with Crippen LogP contribution in [0.4, 0.5) is 0 Å². The largest absolute Gasteiger partial charge is 0.302 e. The van der Waals surface area contributed by atoms with E-state index < -0.39 is 10.0 Å². The normalized spacial score (nSPS) is 16.9. The van der Waals surface area contributed by atoms with Crippen molar-refractivity contribution in [3.63, 3.8) is 0 Å². The third-order valence-electron chi connectivity index (χ3n) is 3.72. The molecule has 0 amide bonds. The van der Waals surface area contributed by atoms with Gasteiger partial charge < -0.3 is 4.90 Å². The van der Waals surface area contributed by atoms with E-state index >= 15 is 0 Å². The Labute approximate surface area is 126 Å². The van der Waals surface area contributed by atoms with Crippen molar-refractivity contribution in [1.29, 1.82) is 0 Å². The summed E-state index contributed by atoms with van der Waals surface area (Å²) < 4.78 is 26.3. The van der Waals surface area contributed by atoms with Crippen LogP contribution in [0.1, 0.15) is 18.4 Å². The fraction of sp³-hybridized carbons (Fsp3) is 0.571. The molecule has 0 N–H and O–H groups in total. The van der Waals surface area contributed by atoms with Crippen molar-refractivity contribution < 1.29 is 8.42 Å². The van der Waals surface area contributed by atoms with E-state index in [0.29, 0.717) is 17.3 Å². The lowest BCUT2D eigenvalue weighted by Crippen LogP contribution is -2.35. The standard InChI is InChI=1S/C14H21ClN2O2S/c1-16(10-11-17-8-2-3-9-17)20(18,19)14-6-4-13(12-15)5-7-14/h4-7H,2-3,8-12H2,1H3. The van der Waals surface area contributed by atoms with Gasteiger partial charge in [-0.2, -0.15) is 4.31 Å². The molecule has 0 saturated carbocycles. The van der Waals surface area contributed by atoms with Crippen LogP contribution in [0.15, 0.2) is 29.2 Å². The maximum atomic E-state index is 12.4. The zero-order valence-corrected chi connectivity index (χ0v) is 13.3. The number of likely N-dealkylation sites (N-methyl/N-ethyl adjacent to an activating group) is 1.